The van der Waals surface area contributed by atoms with Crippen LogP contribution in [0.2, 0.25) is 0 Å². The molecule has 0 aromatic heterocycles. The molecule has 5 fully saturated rings. The summed E-state index contributed by atoms with van der Waals surface area (Å²) >= 11 is 0. The van der Waals surface area contributed by atoms with Crippen LogP contribution in [0.5, 0.6) is 0 Å². The Morgan fingerprint density at radius 2 is 1.46 bits per heavy atom. The predicted octanol–water partition coefficient (Wildman–Crippen LogP) is -1.39. The van der Waals surface area contributed by atoms with Crippen molar-refractivity contribution in [2.45, 2.75) is 158 Å². The number of Topliss-reactive ketones (excluding diaryl/α,β-unsaturated/α-hetero) is 1. The lowest BCUT2D eigenvalue weighted by molar-refractivity contribution is -0.346. The fourth-order valence-corrected chi connectivity index (χ4v) is 14.9. The summed E-state index contributed by atoms with van der Waals surface area (Å²) in [7, 11) is 0. The molecule has 3 aliphatic heterocycles. The van der Waals surface area contributed by atoms with Gasteiger partial charge in [0.2, 0.25) is 35.6 Å². The van der Waals surface area contributed by atoms with E-state index < -0.39 is 211 Å². The lowest BCUT2D eigenvalue weighted by atomic mass is 9.44. The van der Waals surface area contributed by atoms with Crippen LogP contribution < -0.4 is 43.4 Å². The zero-order valence-electron chi connectivity index (χ0n) is 57.5. The van der Waals surface area contributed by atoms with Crippen LogP contribution in [0.25, 0.3) is 0 Å². The number of aliphatic carboxylic acids is 1. The maximum absolute atomic E-state index is 15.9. The molecule has 0 spiro atoms. The second-order valence-corrected chi connectivity index (χ2v) is 27.1. The summed E-state index contributed by atoms with van der Waals surface area (Å²) in [6.07, 6.45) is -12.5. The highest BCUT2D eigenvalue weighted by Gasteiger charge is 2.78. The molecule has 0 unspecified atom stereocenters. The molecule has 554 valence electrons. The number of benzene rings is 3. The molecule has 3 aromatic rings. The number of guanidine groups is 1. The Hall–Kier alpha value is -10.2. The van der Waals surface area contributed by atoms with Gasteiger partial charge in [0, 0.05) is 69.9 Å². The average molecular weight is 1440 g/mol. The number of ether oxygens (including phenoxy) is 7. The van der Waals surface area contributed by atoms with Crippen molar-refractivity contribution in [3.63, 3.8) is 0 Å². The van der Waals surface area contributed by atoms with Crippen molar-refractivity contribution >= 4 is 83.0 Å². The Labute approximate surface area is 591 Å². The minimum absolute atomic E-state index is 0.00921. The minimum atomic E-state index is -2.60. The first-order chi connectivity index (χ1) is 48.8. The van der Waals surface area contributed by atoms with E-state index in [9.17, 15) is 68.1 Å². The third kappa shape index (κ3) is 17.0. The highest BCUT2D eigenvalue weighted by atomic mass is 16.6. The minimum Gasteiger partial charge on any atom is -0.481 e. The van der Waals surface area contributed by atoms with Crippen molar-refractivity contribution in [2.75, 3.05) is 52.5 Å². The summed E-state index contributed by atoms with van der Waals surface area (Å²) in [4.78, 5) is 186. The first-order valence-electron chi connectivity index (χ1n) is 33.5. The Morgan fingerprint density at radius 1 is 0.796 bits per heavy atom. The van der Waals surface area contributed by atoms with Gasteiger partial charge in [0.05, 0.1) is 48.6 Å². The maximum Gasteiger partial charge on any atom is 0.350 e. The Bertz CT molecular complexity index is 3820. The van der Waals surface area contributed by atoms with Gasteiger partial charge in [-0.3, -0.25) is 57.8 Å². The van der Waals surface area contributed by atoms with E-state index in [4.69, 9.17) is 44.6 Å². The van der Waals surface area contributed by atoms with E-state index in [-0.39, 0.29) is 85.7 Å². The molecule has 33 nitrogen and oxygen atoms in total. The summed E-state index contributed by atoms with van der Waals surface area (Å²) in [5.41, 5.74) is 2.49. The van der Waals surface area contributed by atoms with Crippen LogP contribution in [-0.2, 0) is 85.9 Å². The number of nitrogens with one attached hydrogen (secondary N) is 6. The number of rotatable bonds is 24. The van der Waals surface area contributed by atoms with Gasteiger partial charge in [-0.25, -0.2) is 14.4 Å². The van der Waals surface area contributed by atoms with E-state index in [0.29, 0.717) is 0 Å². The summed E-state index contributed by atoms with van der Waals surface area (Å²) in [6.45, 7) is 4.71. The molecular weight excluding hydrogens is 1350 g/mol. The number of hydrogen-bond acceptors (Lipinski definition) is 24. The number of nitrogens with two attached hydrogens (primary N) is 2. The number of esters is 5. The molecule has 103 heavy (non-hydrogen) atoms. The molecule has 9 rings (SSSR count). The van der Waals surface area contributed by atoms with Gasteiger partial charge in [-0.05, 0) is 74.1 Å². The molecule has 3 aromatic carbocycles. The molecule has 33 heteroatoms. The maximum atomic E-state index is 15.9. The smallest absolute Gasteiger partial charge is 0.350 e. The van der Waals surface area contributed by atoms with E-state index in [0.717, 1.165) is 13.8 Å². The average Bonchev–Trinajstić information content (AvgIpc) is 0.785. The van der Waals surface area contributed by atoms with Crippen molar-refractivity contribution in [3.8, 4) is 0 Å². The summed E-state index contributed by atoms with van der Waals surface area (Å²) in [6, 6.07) is 16.9. The van der Waals surface area contributed by atoms with E-state index in [1.165, 1.54) is 64.1 Å². The number of fused-ring (bicyclic) bond motifs is 7. The Balaban J connectivity index is 0.990. The molecule has 3 heterocycles. The number of amides is 6. The molecule has 6 amide bonds. The number of ketones is 1. The van der Waals surface area contributed by atoms with E-state index >= 15 is 9.59 Å². The number of likely N-dealkylation sites (tertiary alicyclic amines) is 1. The number of aliphatic imine (C=N–C) groups is 1. The molecule has 4 bridgehead atoms. The van der Waals surface area contributed by atoms with Crippen LogP contribution >= 0.6 is 0 Å². The molecule has 15 atom stereocenters. The SMILES string of the molecule is CC(=O)O[C@H]1C(=O)[C@@]2(C)[C@H]([C@H](OC(=O)c3ccccc3)[C@]3(O)C[C@H](OC(=O)[C@H](OC(=O)COCC(=O)NCCN4C[C@@H]5C[C@H]4C(=O)N[C@@H](CCCN=C(N)N)C(=O)NCC(=O)N[C@@H](CC(=O)O)C(=O)N5)[C@@H](NC(=O)c4ccccc4)c4ccccc4)C(C)=C1C3(C)C)[C@]1(OC(C)=O)CO[C@@H]1C[C@@H]2O. The van der Waals surface area contributed by atoms with Crippen molar-refractivity contribution < 1.29 is 111 Å². The highest BCUT2D eigenvalue weighted by molar-refractivity contribution is 5.98. The molecule has 13 N–H and O–H groups in total. The number of carboxylic acid groups (broad SMARTS) is 1. The highest BCUT2D eigenvalue weighted by Crippen LogP contribution is 2.64. The number of carbonyl (C=O) groups excluding carboxylic acids is 12. The number of carbonyl (C=O) groups is 13. The van der Waals surface area contributed by atoms with Crippen molar-refractivity contribution in [1.82, 2.24) is 36.8 Å². The van der Waals surface area contributed by atoms with E-state index in [1.807, 2.05) is 0 Å². The number of nitrogens with zero attached hydrogens (tertiary/aromatic N) is 2. The molecule has 3 saturated heterocycles. The lowest BCUT2D eigenvalue weighted by Crippen LogP contribution is -2.82. The fourth-order valence-electron chi connectivity index (χ4n) is 14.9. The van der Waals surface area contributed by atoms with Gasteiger partial charge in [0.15, 0.2) is 23.4 Å². The molecule has 6 aliphatic rings. The van der Waals surface area contributed by atoms with E-state index in [1.54, 1.807) is 59.5 Å². The zero-order valence-corrected chi connectivity index (χ0v) is 57.5. The van der Waals surface area contributed by atoms with Crippen molar-refractivity contribution in [2.24, 2.45) is 33.2 Å². The second kappa shape index (κ2) is 32.4. The largest absolute Gasteiger partial charge is 0.481 e. The first-order valence-corrected chi connectivity index (χ1v) is 33.5. The Kier molecular flexibility index (Phi) is 24.2. The third-order valence-corrected chi connectivity index (χ3v) is 20.0. The molecule has 2 saturated carbocycles. The second-order valence-electron chi connectivity index (χ2n) is 27.1. The fraction of sp³-hybridized carbons (Fsp3) is 0.514. The standard InChI is InChI=1S/C70H86N10O23/c1-36-46(30-70(96)59(102-64(94)41-21-14-9-15-22-41)57-68(6,47(83)29-48-69(57,35-98-48)103-38(3)82)58(89)55(99-37(2)81)53(36)67(70,4)5)100-65(95)56(54(39-17-10-7-11-18-39)79-60(90)40-19-12-8-13-20-40)101-52(88)34-97-33-50(85)73-25-26-80-32-42-27-45(80)63(93)78-43(23-16-24-74-66(71)72)61(91)75-31-49(84)77-44(28-51(86)87)62(92)76-42/h7-15,17-22,42-48,54-57,59,83,96H,16,23-35H2,1-6H3,(H,73,85)(H,75,91)(H,76,92)(H,77,84)(H,78,93)(H,79,90)(H,86,87)(H4,71,72,74)/t42-,43-,44-,45-,46-,47-,48+,54-,55+,56+,57-,59-,68+,69-,70+/m0/s1. The molecular formula is C70H86N10O23. The van der Waals surface area contributed by atoms with Gasteiger partial charge < -0.3 is 91.8 Å². The van der Waals surface area contributed by atoms with Crippen molar-refractivity contribution in [3.05, 3.63) is 119 Å². The van der Waals surface area contributed by atoms with Crippen molar-refractivity contribution in [1.29, 1.82) is 0 Å². The van der Waals surface area contributed by atoms with Gasteiger partial charge in [0.1, 0.15) is 55.3 Å². The third-order valence-electron chi connectivity index (χ3n) is 20.0. The van der Waals surface area contributed by atoms with Gasteiger partial charge >= 0.3 is 35.8 Å². The van der Waals surface area contributed by atoms with Gasteiger partial charge in [-0.15, -0.1) is 0 Å². The van der Waals surface area contributed by atoms with Crippen LogP contribution in [0.3, 0.4) is 0 Å². The van der Waals surface area contributed by atoms with Crippen LogP contribution in [0.15, 0.2) is 107 Å². The topological polar surface area (TPSA) is 487 Å². The van der Waals surface area contributed by atoms with Crippen LogP contribution in [0, 0.1) is 16.7 Å². The zero-order chi connectivity index (χ0) is 74.9. The Morgan fingerprint density at radius 3 is 2.08 bits per heavy atom. The van der Waals surface area contributed by atoms with Crippen LogP contribution in [0.4, 0.5) is 0 Å². The number of aliphatic hydroxyl groups excluding tert-OH is 1. The first kappa shape index (κ1) is 76.9. The quantitative estimate of drug-likeness (QED) is 0.0123. The van der Waals surface area contributed by atoms with Gasteiger partial charge in [-0.1, -0.05) is 80.6 Å². The predicted molar refractivity (Wildman–Crippen MR) is 356 cm³/mol. The monoisotopic (exact) mass is 1430 g/mol. The summed E-state index contributed by atoms with van der Waals surface area (Å²) in [5, 5.41) is 51.6. The van der Waals surface area contributed by atoms with Crippen LogP contribution in [0.1, 0.15) is 112 Å². The normalized spacial score (nSPS) is 28.8. The molecule has 0 radical (unpaired) electrons. The number of hydrogen-bond donors (Lipinski definition) is 11. The number of aliphatic hydroxyl groups is 2. The van der Waals surface area contributed by atoms with Gasteiger partial charge in [-0.2, -0.15) is 0 Å². The summed E-state index contributed by atoms with van der Waals surface area (Å²) < 4.78 is 42.5. The summed E-state index contributed by atoms with van der Waals surface area (Å²) in [5.74, 6) is -14.7. The van der Waals surface area contributed by atoms with E-state index in [2.05, 4.69) is 36.9 Å². The molecule has 3 aliphatic carbocycles. The van der Waals surface area contributed by atoms with Gasteiger partial charge in [0.25, 0.3) is 5.91 Å². The lowest BCUT2D eigenvalue weighted by Gasteiger charge is -2.67. The number of carboxylic acids is 1. The van der Waals surface area contributed by atoms with Crippen LogP contribution in [-0.4, -0.2) is 228 Å².